The summed E-state index contributed by atoms with van der Waals surface area (Å²) >= 11 is 0. The number of rotatable bonds is 4. The molecule has 4 heteroatoms. The molecule has 0 aromatic rings. The monoisotopic (exact) mass is 213 g/mol. The van der Waals surface area contributed by atoms with Crippen LogP contribution in [0.5, 0.6) is 0 Å². The highest BCUT2D eigenvalue weighted by molar-refractivity contribution is 5.82. The van der Waals surface area contributed by atoms with Gasteiger partial charge in [0.25, 0.3) is 0 Å². The molecule has 0 aromatic carbocycles. The Balaban J connectivity index is 2.73. The number of carbonyl (C=O) groups is 1. The zero-order chi connectivity index (χ0) is 11.5. The maximum atomic E-state index is 14.0. The Labute approximate surface area is 88.7 Å². The predicted octanol–water partition coefficient (Wildman–Crippen LogP) is 1.52. The smallest absolute Gasteiger partial charge is 0.347 e. The quantitative estimate of drug-likeness (QED) is 0.744. The van der Waals surface area contributed by atoms with Crippen molar-refractivity contribution in [2.45, 2.75) is 25.6 Å². The summed E-state index contributed by atoms with van der Waals surface area (Å²) in [4.78, 5) is 10.8. The number of nitrogens with one attached hydrogen (secondary N) is 1. The molecule has 0 amide bonds. The van der Waals surface area contributed by atoms with E-state index in [2.05, 4.69) is 5.32 Å². The van der Waals surface area contributed by atoms with Crippen LogP contribution >= 0.6 is 0 Å². The van der Waals surface area contributed by atoms with E-state index in [1.54, 1.807) is 6.08 Å². The molecule has 0 spiro atoms. The van der Waals surface area contributed by atoms with Crippen LogP contribution in [-0.4, -0.2) is 29.3 Å². The second kappa shape index (κ2) is 4.57. The molecule has 0 bridgehead atoms. The van der Waals surface area contributed by atoms with Gasteiger partial charge in [-0.1, -0.05) is 32.1 Å². The summed E-state index contributed by atoms with van der Waals surface area (Å²) in [6.07, 6.45) is 5.68. The summed E-state index contributed by atoms with van der Waals surface area (Å²) in [5, 5.41) is 11.7. The number of hydrogen-bond donors (Lipinski definition) is 2. The van der Waals surface area contributed by atoms with Crippen LogP contribution in [0.15, 0.2) is 24.3 Å². The van der Waals surface area contributed by atoms with Gasteiger partial charge < -0.3 is 10.4 Å². The van der Waals surface area contributed by atoms with E-state index in [1.165, 1.54) is 12.2 Å². The molecule has 0 saturated heterocycles. The number of halogens is 1. The molecule has 0 heterocycles. The molecule has 0 radical (unpaired) electrons. The van der Waals surface area contributed by atoms with E-state index < -0.39 is 17.7 Å². The zero-order valence-electron chi connectivity index (χ0n) is 8.90. The second-order valence-corrected chi connectivity index (χ2v) is 4.10. The Hall–Kier alpha value is -1.16. The van der Waals surface area contributed by atoms with Crippen LogP contribution < -0.4 is 5.32 Å². The minimum absolute atomic E-state index is 0.349. The third-order valence-corrected chi connectivity index (χ3v) is 2.28. The van der Waals surface area contributed by atoms with Crippen molar-refractivity contribution in [2.24, 2.45) is 5.92 Å². The molecule has 0 aromatic heterocycles. The summed E-state index contributed by atoms with van der Waals surface area (Å²) in [7, 11) is 0. The minimum atomic E-state index is -2.33. The van der Waals surface area contributed by atoms with Gasteiger partial charge in [0.1, 0.15) is 0 Å². The van der Waals surface area contributed by atoms with Gasteiger partial charge >= 0.3 is 5.97 Å². The number of carboxylic acid groups (broad SMARTS) is 1. The molecular weight excluding hydrogens is 197 g/mol. The Kier molecular flexibility index (Phi) is 3.63. The normalized spacial score (nSPS) is 29.7. The highest BCUT2D eigenvalue weighted by Crippen LogP contribution is 2.23. The number of alkyl halides is 1. The van der Waals surface area contributed by atoms with Gasteiger partial charge in [0, 0.05) is 0 Å². The van der Waals surface area contributed by atoms with Crippen LogP contribution in [0.25, 0.3) is 0 Å². The van der Waals surface area contributed by atoms with Crippen LogP contribution in [0.3, 0.4) is 0 Å². The van der Waals surface area contributed by atoms with Crippen LogP contribution in [0.1, 0.15) is 13.8 Å². The van der Waals surface area contributed by atoms with E-state index in [0.717, 1.165) is 6.08 Å². The average Bonchev–Trinajstić information content (AvgIpc) is 2.16. The molecule has 2 N–H and O–H groups in total. The van der Waals surface area contributed by atoms with E-state index in [0.29, 0.717) is 12.5 Å². The molecule has 2 unspecified atom stereocenters. The van der Waals surface area contributed by atoms with Crippen LogP contribution in [0.4, 0.5) is 4.39 Å². The van der Waals surface area contributed by atoms with Crippen molar-refractivity contribution in [3.63, 3.8) is 0 Å². The molecule has 1 aliphatic rings. The fourth-order valence-electron chi connectivity index (χ4n) is 1.40. The van der Waals surface area contributed by atoms with Crippen LogP contribution in [0, 0.1) is 5.92 Å². The maximum absolute atomic E-state index is 14.0. The molecule has 1 aliphatic carbocycles. The number of carboxylic acids is 1. The molecule has 2 atom stereocenters. The van der Waals surface area contributed by atoms with Gasteiger partial charge in [0.2, 0.25) is 5.67 Å². The summed E-state index contributed by atoms with van der Waals surface area (Å²) in [5.41, 5.74) is -2.33. The first-order valence-corrected chi connectivity index (χ1v) is 4.98. The summed E-state index contributed by atoms with van der Waals surface area (Å²) in [6, 6.07) is -0.789. The molecule has 0 aliphatic heterocycles. The fraction of sp³-hybridized carbons (Fsp3) is 0.545. The fourth-order valence-corrected chi connectivity index (χ4v) is 1.40. The molecular formula is C11H16FNO2. The van der Waals surface area contributed by atoms with Crippen LogP contribution in [0.2, 0.25) is 0 Å². The Morgan fingerprint density at radius 1 is 1.60 bits per heavy atom. The van der Waals surface area contributed by atoms with Gasteiger partial charge in [-0.25, -0.2) is 9.18 Å². The average molecular weight is 213 g/mol. The lowest BCUT2D eigenvalue weighted by Gasteiger charge is -2.28. The standard InChI is InChI=1S/C11H16FNO2/c1-8(2)7-13-9-5-3-4-6-11(9,12)10(14)15/h3-6,8-9,13H,7H2,1-2H3,(H,14,15). The first kappa shape index (κ1) is 11.9. The van der Waals surface area contributed by atoms with Crippen molar-refractivity contribution in [2.75, 3.05) is 6.54 Å². The Bertz CT molecular complexity index is 299. The summed E-state index contributed by atoms with van der Waals surface area (Å²) < 4.78 is 14.0. The molecule has 0 saturated carbocycles. The first-order valence-electron chi connectivity index (χ1n) is 4.98. The number of aliphatic carboxylic acids is 1. The van der Waals surface area contributed by atoms with Gasteiger partial charge in [-0.15, -0.1) is 0 Å². The highest BCUT2D eigenvalue weighted by atomic mass is 19.1. The van der Waals surface area contributed by atoms with Gasteiger partial charge in [-0.2, -0.15) is 0 Å². The lowest BCUT2D eigenvalue weighted by atomic mass is 9.91. The van der Waals surface area contributed by atoms with Gasteiger partial charge in [-0.05, 0) is 18.5 Å². The van der Waals surface area contributed by atoms with E-state index in [9.17, 15) is 9.18 Å². The van der Waals surface area contributed by atoms with Gasteiger partial charge in [0.15, 0.2) is 0 Å². The van der Waals surface area contributed by atoms with Crippen molar-refractivity contribution < 1.29 is 14.3 Å². The Morgan fingerprint density at radius 2 is 2.27 bits per heavy atom. The molecule has 0 fully saturated rings. The number of hydrogen-bond acceptors (Lipinski definition) is 2. The summed E-state index contributed by atoms with van der Waals surface area (Å²) in [6.45, 7) is 4.55. The van der Waals surface area contributed by atoms with Crippen molar-refractivity contribution >= 4 is 5.97 Å². The SMILES string of the molecule is CC(C)CNC1C=CC=CC1(F)C(=O)O. The third-order valence-electron chi connectivity index (χ3n) is 2.28. The van der Waals surface area contributed by atoms with Gasteiger partial charge in [-0.3, -0.25) is 0 Å². The summed E-state index contributed by atoms with van der Waals surface area (Å²) in [5.74, 6) is -1.10. The minimum Gasteiger partial charge on any atom is -0.479 e. The maximum Gasteiger partial charge on any atom is 0.347 e. The molecule has 3 nitrogen and oxygen atoms in total. The topological polar surface area (TPSA) is 49.3 Å². The second-order valence-electron chi connectivity index (χ2n) is 4.10. The highest BCUT2D eigenvalue weighted by Gasteiger charge is 2.44. The first-order chi connectivity index (χ1) is 6.97. The Morgan fingerprint density at radius 3 is 2.80 bits per heavy atom. The van der Waals surface area contributed by atoms with Crippen molar-refractivity contribution in [1.29, 1.82) is 0 Å². The predicted molar refractivity (Wildman–Crippen MR) is 56.4 cm³/mol. The third kappa shape index (κ3) is 2.65. The number of allylic oxidation sites excluding steroid dienone is 2. The lowest BCUT2D eigenvalue weighted by molar-refractivity contribution is -0.148. The van der Waals surface area contributed by atoms with Gasteiger partial charge in [0.05, 0.1) is 6.04 Å². The largest absolute Gasteiger partial charge is 0.479 e. The van der Waals surface area contributed by atoms with Crippen molar-refractivity contribution in [3.8, 4) is 0 Å². The van der Waals surface area contributed by atoms with E-state index in [-0.39, 0.29) is 0 Å². The van der Waals surface area contributed by atoms with Crippen molar-refractivity contribution in [3.05, 3.63) is 24.3 Å². The van der Waals surface area contributed by atoms with Crippen LogP contribution in [-0.2, 0) is 4.79 Å². The van der Waals surface area contributed by atoms with E-state index >= 15 is 0 Å². The molecule has 1 rings (SSSR count). The molecule has 84 valence electrons. The van der Waals surface area contributed by atoms with Crippen molar-refractivity contribution in [1.82, 2.24) is 5.32 Å². The lowest BCUT2D eigenvalue weighted by Crippen LogP contribution is -2.52. The zero-order valence-corrected chi connectivity index (χ0v) is 8.90. The molecule has 15 heavy (non-hydrogen) atoms. The van der Waals surface area contributed by atoms with E-state index in [4.69, 9.17) is 5.11 Å². The van der Waals surface area contributed by atoms with E-state index in [1.807, 2.05) is 13.8 Å².